The molecule has 1 aromatic heterocycles. The molecule has 4 nitrogen and oxygen atoms in total. The summed E-state index contributed by atoms with van der Waals surface area (Å²) >= 11 is 0. The molecule has 0 aromatic carbocycles. The van der Waals surface area contributed by atoms with Crippen LogP contribution in [0.4, 0.5) is 0 Å². The monoisotopic (exact) mass is 265 g/mol. The van der Waals surface area contributed by atoms with Crippen molar-refractivity contribution in [3.63, 3.8) is 0 Å². The van der Waals surface area contributed by atoms with Gasteiger partial charge in [-0.15, -0.1) is 0 Å². The van der Waals surface area contributed by atoms with E-state index in [0.717, 1.165) is 52.0 Å². The fourth-order valence-electron chi connectivity index (χ4n) is 2.90. The Balaban J connectivity index is 2.11. The molecule has 19 heavy (non-hydrogen) atoms. The zero-order valence-electron chi connectivity index (χ0n) is 12.5. The molecule has 0 spiro atoms. The SMILES string of the molecule is CCNCC1(Cc2cc(CC)nn2C)CCOCC1. The average Bonchev–Trinajstić information content (AvgIpc) is 2.78. The van der Waals surface area contributed by atoms with E-state index in [1.54, 1.807) is 0 Å². The van der Waals surface area contributed by atoms with Gasteiger partial charge in [0.15, 0.2) is 0 Å². The van der Waals surface area contributed by atoms with Crippen molar-refractivity contribution in [1.29, 1.82) is 0 Å². The predicted molar refractivity (Wildman–Crippen MR) is 77.3 cm³/mol. The first-order valence-corrected chi connectivity index (χ1v) is 7.49. The van der Waals surface area contributed by atoms with Crippen molar-refractivity contribution >= 4 is 0 Å². The lowest BCUT2D eigenvalue weighted by atomic mass is 9.76. The van der Waals surface area contributed by atoms with Crippen molar-refractivity contribution in [1.82, 2.24) is 15.1 Å². The molecule has 1 aliphatic rings. The quantitative estimate of drug-likeness (QED) is 0.854. The standard InChI is InChI=1S/C15H27N3O/c1-4-13-10-14(18(3)17-13)11-15(12-16-5-2)6-8-19-9-7-15/h10,16H,4-9,11-12H2,1-3H3. The number of ether oxygens (including phenoxy) is 1. The molecule has 0 unspecified atom stereocenters. The lowest BCUT2D eigenvalue weighted by molar-refractivity contribution is 0.0143. The first-order chi connectivity index (χ1) is 9.19. The van der Waals surface area contributed by atoms with Crippen molar-refractivity contribution in [2.45, 2.75) is 39.5 Å². The predicted octanol–water partition coefficient (Wildman–Crippen LogP) is 1.93. The van der Waals surface area contributed by atoms with Crippen LogP contribution in [0.3, 0.4) is 0 Å². The average molecular weight is 265 g/mol. The molecule has 1 fully saturated rings. The summed E-state index contributed by atoms with van der Waals surface area (Å²) in [5, 5.41) is 8.11. The Morgan fingerprint density at radius 1 is 1.37 bits per heavy atom. The van der Waals surface area contributed by atoms with Gasteiger partial charge in [0, 0.05) is 32.5 Å². The van der Waals surface area contributed by atoms with Gasteiger partial charge in [0.1, 0.15) is 0 Å². The van der Waals surface area contributed by atoms with E-state index >= 15 is 0 Å². The van der Waals surface area contributed by atoms with Gasteiger partial charge in [0.05, 0.1) is 5.69 Å². The highest BCUT2D eigenvalue weighted by atomic mass is 16.5. The van der Waals surface area contributed by atoms with E-state index in [1.165, 1.54) is 11.4 Å². The smallest absolute Gasteiger partial charge is 0.0624 e. The minimum atomic E-state index is 0.340. The summed E-state index contributed by atoms with van der Waals surface area (Å²) in [5.74, 6) is 0. The minimum Gasteiger partial charge on any atom is -0.381 e. The van der Waals surface area contributed by atoms with Crippen LogP contribution in [-0.4, -0.2) is 36.1 Å². The van der Waals surface area contributed by atoms with E-state index in [0.29, 0.717) is 5.41 Å². The minimum absolute atomic E-state index is 0.340. The molecule has 0 bridgehead atoms. The van der Waals surface area contributed by atoms with Crippen LogP contribution in [0.25, 0.3) is 0 Å². The Hall–Kier alpha value is -0.870. The third-order valence-corrected chi connectivity index (χ3v) is 4.25. The summed E-state index contributed by atoms with van der Waals surface area (Å²) in [6.45, 7) is 8.24. The lowest BCUT2D eigenvalue weighted by Gasteiger charge is -2.37. The highest BCUT2D eigenvalue weighted by molar-refractivity contribution is 5.13. The highest BCUT2D eigenvalue weighted by Gasteiger charge is 2.33. The van der Waals surface area contributed by atoms with Gasteiger partial charge in [-0.1, -0.05) is 13.8 Å². The number of hydrogen-bond donors (Lipinski definition) is 1. The van der Waals surface area contributed by atoms with Crippen molar-refractivity contribution in [2.75, 3.05) is 26.3 Å². The maximum absolute atomic E-state index is 5.55. The number of aromatic nitrogens is 2. The molecule has 1 aromatic rings. The summed E-state index contributed by atoms with van der Waals surface area (Å²) in [4.78, 5) is 0. The molecule has 0 radical (unpaired) electrons. The normalized spacial score (nSPS) is 18.7. The summed E-state index contributed by atoms with van der Waals surface area (Å²) in [6.07, 6.45) is 4.41. The Labute approximate surface area is 116 Å². The summed E-state index contributed by atoms with van der Waals surface area (Å²) < 4.78 is 7.61. The van der Waals surface area contributed by atoms with Crippen molar-refractivity contribution in [2.24, 2.45) is 12.5 Å². The zero-order chi connectivity index (χ0) is 13.7. The fraction of sp³-hybridized carbons (Fsp3) is 0.800. The largest absolute Gasteiger partial charge is 0.381 e. The Morgan fingerprint density at radius 2 is 2.11 bits per heavy atom. The number of rotatable bonds is 6. The number of nitrogens with one attached hydrogen (secondary N) is 1. The van der Waals surface area contributed by atoms with Crippen molar-refractivity contribution < 1.29 is 4.74 Å². The van der Waals surface area contributed by atoms with E-state index < -0.39 is 0 Å². The van der Waals surface area contributed by atoms with Gasteiger partial charge < -0.3 is 10.1 Å². The summed E-state index contributed by atoms with van der Waals surface area (Å²) in [6, 6.07) is 2.27. The topological polar surface area (TPSA) is 39.1 Å². The summed E-state index contributed by atoms with van der Waals surface area (Å²) in [5.41, 5.74) is 2.90. The van der Waals surface area contributed by atoms with E-state index in [9.17, 15) is 0 Å². The van der Waals surface area contributed by atoms with Crippen molar-refractivity contribution in [3.8, 4) is 0 Å². The number of hydrogen-bond acceptors (Lipinski definition) is 3. The van der Waals surface area contributed by atoms with E-state index in [-0.39, 0.29) is 0 Å². The maximum Gasteiger partial charge on any atom is 0.0624 e. The van der Waals surface area contributed by atoms with Gasteiger partial charge in [-0.25, -0.2) is 0 Å². The molecule has 1 saturated heterocycles. The van der Waals surface area contributed by atoms with Crippen LogP contribution in [0.1, 0.15) is 38.1 Å². The Kier molecular flexibility index (Phi) is 4.99. The molecule has 4 heteroatoms. The van der Waals surface area contributed by atoms with Crippen LogP contribution in [0, 0.1) is 5.41 Å². The van der Waals surface area contributed by atoms with E-state index in [1.807, 2.05) is 0 Å². The first-order valence-electron chi connectivity index (χ1n) is 7.49. The molecule has 0 aliphatic carbocycles. The fourth-order valence-corrected chi connectivity index (χ4v) is 2.90. The lowest BCUT2D eigenvalue weighted by Crippen LogP contribution is -2.41. The third kappa shape index (κ3) is 3.57. The van der Waals surface area contributed by atoms with Crippen LogP contribution >= 0.6 is 0 Å². The molecule has 0 atom stereocenters. The molecule has 0 amide bonds. The summed E-state index contributed by atoms with van der Waals surface area (Å²) in [7, 11) is 2.06. The van der Waals surface area contributed by atoms with Crippen LogP contribution in [0.2, 0.25) is 0 Å². The van der Waals surface area contributed by atoms with Crippen LogP contribution in [-0.2, 0) is 24.6 Å². The van der Waals surface area contributed by atoms with Crippen LogP contribution in [0.15, 0.2) is 6.07 Å². The van der Waals surface area contributed by atoms with Gasteiger partial charge in [-0.2, -0.15) is 5.10 Å². The zero-order valence-corrected chi connectivity index (χ0v) is 12.5. The molecular formula is C15H27N3O. The van der Waals surface area contributed by atoms with E-state index in [2.05, 4.69) is 42.1 Å². The van der Waals surface area contributed by atoms with Gasteiger partial charge in [-0.05, 0) is 43.7 Å². The molecule has 1 N–H and O–H groups in total. The molecular weight excluding hydrogens is 238 g/mol. The third-order valence-electron chi connectivity index (χ3n) is 4.25. The number of nitrogens with zero attached hydrogens (tertiary/aromatic N) is 2. The molecule has 1 aliphatic heterocycles. The molecule has 108 valence electrons. The second-order valence-electron chi connectivity index (χ2n) is 5.67. The highest BCUT2D eigenvalue weighted by Crippen LogP contribution is 2.33. The molecule has 2 rings (SSSR count). The van der Waals surface area contributed by atoms with E-state index in [4.69, 9.17) is 4.74 Å². The van der Waals surface area contributed by atoms with Gasteiger partial charge in [-0.3, -0.25) is 4.68 Å². The number of aryl methyl sites for hydroxylation is 2. The first kappa shape index (κ1) is 14.5. The van der Waals surface area contributed by atoms with Gasteiger partial charge in [0.25, 0.3) is 0 Å². The second-order valence-corrected chi connectivity index (χ2v) is 5.67. The van der Waals surface area contributed by atoms with Gasteiger partial charge >= 0.3 is 0 Å². The molecule has 2 heterocycles. The van der Waals surface area contributed by atoms with Crippen LogP contribution < -0.4 is 5.32 Å². The second kappa shape index (κ2) is 6.53. The Bertz CT molecular complexity index is 394. The van der Waals surface area contributed by atoms with Gasteiger partial charge in [0.2, 0.25) is 0 Å². The van der Waals surface area contributed by atoms with Crippen LogP contribution in [0.5, 0.6) is 0 Å². The maximum atomic E-state index is 5.55. The Morgan fingerprint density at radius 3 is 2.68 bits per heavy atom. The van der Waals surface area contributed by atoms with Crippen molar-refractivity contribution in [3.05, 3.63) is 17.5 Å². The molecule has 0 saturated carbocycles.